The average molecular weight is 484 g/mol. The number of hydrogen-bond acceptors (Lipinski definition) is 3. The molecule has 1 unspecified atom stereocenters. The molecule has 0 aliphatic heterocycles. The molecule has 0 heterocycles. The molecule has 0 radical (unpaired) electrons. The third kappa shape index (κ3) is 5.13. The first kappa shape index (κ1) is 25.4. The summed E-state index contributed by atoms with van der Waals surface area (Å²) in [6, 6.07) is 9.39. The van der Waals surface area contributed by atoms with E-state index in [-0.39, 0.29) is 5.41 Å². The molecule has 0 amide bonds. The standard InChI is InChI=1S/C29H41NO3S/c1-20(15-17-34(30,33)25-9-5-4-6-10-25)26-13-14-27-22(8-7-16-29(26,27)3)11-12-23-18-24(31)19-28(32)21(23)2/h4-6,9-12,17,20,24,26-28,31-32H,2,7-8,13-16,18-19H2,1,3H3,(H2,30,33)/t20-,24+,26-,27+,28-,29-,34?/m1/s1. The number of nitrogens with two attached hydrogens (primary N) is 1. The molecule has 5 heteroatoms. The smallest absolute Gasteiger partial charge is 0.0811 e. The van der Waals surface area contributed by atoms with Gasteiger partial charge in [-0.3, -0.25) is 5.14 Å². The summed E-state index contributed by atoms with van der Waals surface area (Å²) in [7, 11) is -2.62. The van der Waals surface area contributed by atoms with E-state index in [4.69, 9.17) is 5.14 Å². The van der Waals surface area contributed by atoms with Gasteiger partial charge < -0.3 is 10.2 Å². The van der Waals surface area contributed by atoms with Gasteiger partial charge in [-0.15, -0.1) is 0 Å². The molecule has 186 valence electrons. The Morgan fingerprint density at radius 3 is 2.71 bits per heavy atom. The summed E-state index contributed by atoms with van der Waals surface area (Å²) in [5.74, 6) is 1.54. The number of benzene rings is 1. The van der Waals surface area contributed by atoms with Crippen molar-refractivity contribution in [1.29, 1.82) is 0 Å². The van der Waals surface area contributed by atoms with Crippen molar-refractivity contribution in [3.05, 3.63) is 65.8 Å². The summed E-state index contributed by atoms with van der Waals surface area (Å²) in [5.41, 5.74) is 3.45. The van der Waals surface area contributed by atoms with Crippen LogP contribution in [0.2, 0.25) is 0 Å². The number of fused-ring (bicyclic) bond motifs is 1. The second-order valence-electron chi connectivity index (χ2n) is 11.0. The summed E-state index contributed by atoms with van der Waals surface area (Å²) < 4.78 is 13.1. The summed E-state index contributed by atoms with van der Waals surface area (Å²) in [6.07, 6.45) is 10.8. The highest BCUT2D eigenvalue weighted by Crippen LogP contribution is 2.59. The Hall–Kier alpha value is -1.66. The highest BCUT2D eigenvalue weighted by Gasteiger charge is 2.50. The fourth-order valence-electron chi connectivity index (χ4n) is 6.87. The van der Waals surface area contributed by atoms with E-state index in [1.54, 1.807) is 0 Å². The average Bonchev–Trinajstić information content (AvgIpc) is 3.17. The zero-order valence-corrected chi connectivity index (χ0v) is 21.5. The molecule has 1 aromatic rings. The van der Waals surface area contributed by atoms with E-state index in [0.717, 1.165) is 24.0 Å². The lowest BCUT2D eigenvalue weighted by atomic mass is 9.61. The van der Waals surface area contributed by atoms with Crippen LogP contribution in [0.3, 0.4) is 0 Å². The van der Waals surface area contributed by atoms with Crippen molar-refractivity contribution in [3.8, 4) is 0 Å². The van der Waals surface area contributed by atoms with Crippen LogP contribution in [-0.2, 0) is 9.71 Å². The molecule has 0 spiro atoms. The molecule has 34 heavy (non-hydrogen) atoms. The largest absolute Gasteiger partial charge is 0.393 e. The maximum absolute atomic E-state index is 13.1. The second kappa shape index (κ2) is 10.1. The molecule has 0 aromatic heterocycles. The van der Waals surface area contributed by atoms with Gasteiger partial charge in [0.25, 0.3) is 0 Å². The van der Waals surface area contributed by atoms with Crippen LogP contribution >= 0.6 is 0 Å². The van der Waals surface area contributed by atoms with Gasteiger partial charge in [-0.05, 0) is 96.8 Å². The molecule has 4 nitrogen and oxygen atoms in total. The Bertz CT molecular complexity index is 1080. The van der Waals surface area contributed by atoms with Crippen molar-refractivity contribution in [3.63, 3.8) is 0 Å². The minimum atomic E-state index is -2.62. The van der Waals surface area contributed by atoms with Crippen molar-refractivity contribution in [2.75, 3.05) is 0 Å². The Labute approximate surface area is 205 Å². The number of aliphatic hydroxyl groups is 2. The SMILES string of the molecule is C=C1C(=CC=C2CCC[C@]3(C)[C@@H]([C@H](C)CC=S(N)(=O)c4ccccc4)CC[C@@H]23)C[C@H](O)C[C@H]1O. The lowest BCUT2D eigenvalue weighted by molar-refractivity contribution is 0.0862. The van der Waals surface area contributed by atoms with E-state index >= 15 is 0 Å². The molecular weight excluding hydrogens is 442 g/mol. The van der Waals surface area contributed by atoms with Gasteiger partial charge in [0.15, 0.2) is 0 Å². The topological polar surface area (TPSA) is 83.6 Å². The van der Waals surface area contributed by atoms with Crippen LogP contribution in [0.4, 0.5) is 0 Å². The number of allylic oxidation sites excluding steroid dienone is 3. The summed E-state index contributed by atoms with van der Waals surface area (Å²) in [5, 5.41) is 28.3. The van der Waals surface area contributed by atoms with Crippen LogP contribution in [-0.4, -0.2) is 32.0 Å². The molecule has 3 saturated carbocycles. The van der Waals surface area contributed by atoms with Crippen LogP contribution in [0.5, 0.6) is 0 Å². The highest BCUT2D eigenvalue weighted by atomic mass is 32.2. The second-order valence-corrected chi connectivity index (χ2v) is 13.1. The Morgan fingerprint density at radius 2 is 1.97 bits per heavy atom. The minimum absolute atomic E-state index is 0.237. The van der Waals surface area contributed by atoms with E-state index in [9.17, 15) is 14.4 Å². The minimum Gasteiger partial charge on any atom is -0.393 e. The summed E-state index contributed by atoms with van der Waals surface area (Å²) in [4.78, 5) is 0.702. The van der Waals surface area contributed by atoms with Crippen LogP contribution in [0.1, 0.15) is 65.2 Å². The molecular formula is C29H41NO3S. The molecule has 0 saturated heterocycles. The van der Waals surface area contributed by atoms with Gasteiger partial charge in [0.1, 0.15) is 0 Å². The summed E-state index contributed by atoms with van der Waals surface area (Å²) >= 11 is 0. The summed E-state index contributed by atoms with van der Waals surface area (Å²) in [6.45, 7) is 8.81. The zero-order chi connectivity index (χ0) is 24.5. The molecule has 1 aromatic carbocycles. The Morgan fingerprint density at radius 1 is 1.24 bits per heavy atom. The van der Waals surface area contributed by atoms with E-state index in [0.29, 0.717) is 35.5 Å². The Balaban J connectivity index is 1.50. The number of hydrogen-bond donors (Lipinski definition) is 3. The van der Waals surface area contributed by atoms with Gasteiger partial charge in [-0.25, -0.2) is 4.21 Å². The van der Waals surface area contributed by atoms with Crippen LogP contribution in [0.15, 0.2) is 70.7 Å². The van der Waals surface area contributed by atoms with Crippen molar-refractivity contribution < 1.29 is 14.4 Å². The molecule has 3 aliphatic rings. The molecule has 0 bridgehead atoms. The highest BCUT2D eigenvalue weighted by molar-refractivity contribution is 7.99. The monoisotopic (exact) mass is 483 g/mol. The van der Waals surface area contributed by atoms with E-state index < -0.39 is 21.9 Å². The van der Waals surface area contributed by atoms with Gasteiger partial charge in [-0.1, -0.05) is 56.4 Å². The van der Waals surface area contributed by atoms with E-state index in [1.165, 1.54) is 31.3 Å². The predicted molar refractivity (Wildman–Crippen MR) is 142 cm³/mol. The van der Waals surface area contributed by atoms with Gasteiger partial charge >= 0.3 is 0 Å². The first-order valence-corrected chi connectivity index (χ1v) is 14.5. The van der Waals surface area contributed by atoms with Gasteiger partial charge in [0.2, 0.25) is 0 Å². The third-order valence-corrected chi connectivity index (χ3v) is 10.5. The number of rotatable bonds is 5. The van der Waals surface area contributed by atoms with Gasteiger partial charge in [-0.2, -0.15) is 0 Å². The number of aliphatic hydroxyl groups excluding tert-OH is 2. The lowest BCUT2D eigenvalue weighted by Crippen LogP contribution is -2.36. The fourth-order valence-corrected chi connectivity index (χ4v) is 8.23. The first-order chi connectivity index (χ1) is 16.1. The maximum Gasteiger partial charge on any atom is 0.0811 e. The van der Waals surface area contributed by atoms with Crippen molar-refractivity contribution >= 4 is 15.1 Å². The first-order valence-electron chi connectivity index (χ1n) is 12.8. The molecule has 3 aliphatic carbocycles. The zero-order valence-electron chi connectivity index (χ0n) is 20.7. The van der Waals surface area contributed by atoms with E-state index in [2.05, 4.69) is 32.6 Å². The molecule has 4 rings (SSSR count). The Kier molecular flexibility index (Phi) is 7.58. The van der Waals surface area contributed by atoms with Crippen molar-refractivity contribution in [2.24, 2.45) is 28.3 Å². The fraction of sp³-hybridized carbons (Fsp3) is 0.552. The van der Waals surface area contributed by atoms with Crippen molar-refractivity contribution in [1.82, 2.24) is 0 Å². The van der Waals surface area contributed by atoms with Gasteiger partial charge in [0.05, 0.1) is 21.9 Å². The molecule has 3 fully saturated rings. The van der Waals surface area contributed by atoms with E-state index in [1.807, 2.05) is 35.7 Å². The van der Waals surface area contributed by atoms with Crippen LogP contribution < -0.4 is 5.14 Å². The maximum atomic E-state index is 13.1. The molecule has 7 atom stereocenters. The van der Waals surface area contributed by atoms with Crippen LogP contribution in [0, 0.1) is 23.2 Å². The molecule has 4 N–H and O–H groups in total. The third-order valence-electron chi connectivity index (χ3n) is 8.82. The van der Waals surface area contributed by atoms with Gasteiger partial charge in [0, 0.05) is 11.3 Å². The van der Waals surface area contributed by atoms with Crippen LogP contribution in [0.25, 0.3) is 0 Å². The lowest BCUT2D eigenvalue weighted by Gasteiger charge is -2.44. The van der Waals surface area contributed by atoms with Crippen molar-refractivity contribution in [2.45, 2.75) is 82.3 Å². The quantitative estimate of drug-likeness (QED) is 0.505. The normalized spacial score (nSPS) is 36.8. The predicted octanol–water partition coefficient (Wildman–Crippen LogP) is 5.17.